The third-order valence-electron chi connectivity index (χ3n) is 3.65. The Kier molecular flexibility index (Phi) is 5.16. The van der Waals surface area contributed by atoms with E-state index in [0.717, 1.165) is 22.2 Å². The number of fused-ring (bicyclic) bond motifs is 1. The minimum Gasteiger partial charge on any atom is -0.368 e. The van der Waals surface area contributed by atoms with E-state index in [2.05, 4.69) is 10.6 Å². The lowest BCUT2D eigenvalue weighted by molar-refractivity contribution is -0.119. The fourth-order valence-corrected chi connectivity index (χ4v) is 2.63. The van der Waals surface area contributed by atoms with Gasteiger partial charge < -0.3 is 20.9 Å². The molecule has 0 bridgehead atoms. The van der Waals surface area contributed by atoms with Crippen molar-refractivity contribution in [2.45, 2.75) is 26.9 Å². The highest BCUT2D eigenvalue weighted by Crippen LogP contribution is 2.25. The van der Waals surface area contributed by atoms with Gasteiger partial charge in [-0.25, -0.2) is 0 Å². The van der Waals surface area contributed by atoms with Crippen LogP contribution in [0.15, 0.2) is 24.3 Å². The number of hydrogen-bond acceptors (Lipinski definition) is 3. The summed E-state index contributed by atoms with van der Waals surface area (Å²) in [4.78, 5) is 22.1. The predicted molar refractivity (Wildman–Crippen MR) is 86.3 cm³/mol. The van der Waals surface area contributed by atoms with Gasteiger partial charge in [-0.05, 0) is 18.6 Å². The summed E-state index contributed by atoms with van der Waals surface area (Å²) in [7, 11) is 0. The Labute approximate surface area is 129 Å². The summed E-state index contributed by atoms with van der Waals surface area (Å²) < 4.78 is 1.95. The van der Waals surface area contributed by atoms with Crippen LogP contribution in [0.1, 0.15) is 18.2 Å². The van der Waals surface area contributed by atoms with Gasteiger partial charge in [0.15, 0.2) is 0 Å². The van der Waals surface area contributed by atoms with Crippen LogP contribution in [0.2, 0.25) is 0 Å². The van der Waals surface area contributed by atoms with Crippen molar-refractivity contribution in [3.8, 4) is 0 Å². The number of para-hydroxylation sites is 1. The number of nitrogens with two attached hydrogens (primary N) is 1. The molecule has 6 heteroatoms. The first-order valence-electron chi connectivity index (χ1n) is 7.31. The van der Waals surface area contributed by atoms with Gasteiger partial charge in [0.1, 0.15) is 6.54 Å². The van der Waals surface area contributed by atoms with Crippen molar-refractivity contribution in [3.63, 3.8) is 0 Å². The Hall–Kier alpha value is -2.34. The number of primary amides is 1. The molecule has 0 aliphatic rings. The Morgan fingerprint density at radius 1 is 1.23 bits per heavy atom. The number of aromatic nitrogens is 1. The maximum absolute atomic E-state index is 11.3. The van der Waals surface area contributed by atoms with Crippen molar-refractivity contribution in [3.05, 3.63) is 35.5 Å². The molecule has 0 radical (unpaired) electrons. The van der Waals surface area contributed by atoms with Crippen molar-refractivity contribution in [1.82, 2.24) is 15.2 Å². The van der Waals surface area contributed by atoms with E-state index >= 15 is 0 Å². The van der Waals surface area contributed by atoms with Gasteiger partial charge in [0.2, 0.25) is 11.8 Å². The van der Waals surface area contributed by atoms with E-state index in [1.165, 1.54) is 6.92 Å². The first kappa shape index (κ1) is 16.0. The zero-order valence-corrected chi connectivity index (χ0v) is 13.0. The Bertz CT molecular complexity index is 691. The normalized spacial score (nSPS) is 10.8. The summed E-state index contributed by atoms with van der Waals surface area (Å²) in [5.41, 5.74) is 8.54. The number of rotatable bonds is 7. The van der Waals surface area contributed by atoms with Crippen molar-refractivity contribution in [2.24, 2.45) is 5.73 Å². The predicted octanol–water partition coefficient (Wildman–Crippen LogP) is 0.661. The van der Waals surface area contributed by atoms with Gasteiger partial charge in [0.05, 0.1) is 0 Å². The van der Waals surface area contributed by atoms with Crippen LogP contribution in [-0.4, -0.2) is 29.5 Å². The Balaban J connectivity index is 2.16. The van der Waals surface area contributed by atoms with E-state index in [1.807, 2.05) is 35.8 Å². The summed E-state index contributed by atoms with van der Waals surface area (Å²) in [6, 6.07) is 7.97. The third kappa shape index (κ3) is 3.65. The molecular formula is C16H22N4O2. The summed E-state index contributed by atoms with van der Waals surface area (Å²) in [6.45, 7) is 5.63. The van der Waals surface area contributed by atoms with Gasteiger partial charge in [0, 0.05) is 43.2 Å². The molecule has 2 amide bonds. The van der Waals surface area contributed by atoms with E-state index in [4.69, 9.17) is 5.73 Å². The van der Waals surface area contributed by atoms with Crippen LogP contribution >= 0.6 is 0 Å². The largest absolute Gasteiger partial charge is 0.368 e. The third-order valence-corrected chi connectivity index (χ3v) is 3.65. The molecule has 0 fully saturated rings. The molecule has 0 saturated carbocycles. The highest BCUT2D eigenvalue weighted by Gasteiger charge is 2.14. The van der Waals surface area contributed by atoms with Gasteiger partial charge in [-0.3, -0.25) is 9.59 Å². The molecule has 2 rings (SSSR count). The van der Waals surface area contributed by atoms with Gasteiger partial charge in [-0.2, -0.15) is 0 Å². The van der Waals surface area contributed by atoms with Crippen molar-refractivity contribution in [1.29, 1.82) is 0 Å². The number of carbonyl (C=O) groups is 2. The first-order valence-corrected chi connectivity index (χ1v) is 7.31. The van der Waals surface area contributed by atoms with Crippen LogP contribution in [0.3, 0.4) is 0 Å². The molecule has 118 valence electrons. The van der Waals surface area contributed by atoms with Crippen LogP contribution in [0.4, 0.5) is 0 Å². The molecule has 4 N–H and O–H groups in total. The van der Waals surface area contributed by atoms with Gasteiger partial charge in [0.25, 0.3) is 0 Å². The lowest BCUT2D eigenvalue weighted by Crippen LogP contribution is -2.30. The Morgan fingerprint density at radius 3 is 2.64 bits per heavy atom. The summed E-state index contributed by atoms with van der Waals surface area (Å²) in [5, 5.41) is 7.18. The van der Waals surface area contributed by atoms with Crippen LogP contribution in [0.25, 0.3) is 10.9 Å². The zero-order valence-electron chi connectivity index (χ0n) is 13.0. The number of carbonyl (C=O) groups excluding carboxylic acids is 2. The number of nitrogens with zero attached hydrogens (tertiary/aromatic N) is 1. The number of nitrogens with one attached hydrogen (secondary N) is 2. The second kappa shape index (κ2) is 7.09. The topological polar surface area (TPSA) is 89.2 Å². The molecule has 22 heavy (non-hydrogen) atoms. The van der Waals surface area contributed by atoms with E-state index in [9.17, 15) is 9.59 Å². The summed E-state index contributed by atoms with van der Waals surface area (Å²) >= 11 is 0. The molecule has 0 unspecified atom stereocenters. The number of amides is 2. The highest BCUT2D eigenvalue weighted by atomic mass is 16.1. The van der Waals surface area contributed by atoms with E-state index < -0.39 is 0 Å². The fourth-order valence-electron chi connectivity index (χ4n) is 2.63. The summed E-state index contributed by atoms with van der Waals surface area (Å²) in [5.74, 6) is -0.384. The Morgan fingerprint density at radius 2 is 1.95 bits per heavy atom. The molecule has 0 aliphatic heterocycles. The average Bonchev–Trinajstić information content (AvgIpc) is 2.72. The van der Waals surface area contributed by atoms with Crippen LogP contribution in [0, 0.1) is 6.92 Å². The van der Waals surface area contributed by atoms with Crippen LogP contribution < -0.4 is 16.4 Å². The maximum atomic E-state index is 11.3. The fraction of sp³-hybridized carbons (Fsp3) is 0.375. The van der Waals surface area contributed by atoms with Crippen LogP contribution in [0.5, 0.6) is 0 Å². The van der Waals surface area contributed by atoms with Gasteiger partial charge >= 0.3 is 0 Å². The quantitative estimate of drug-likeness (QED) is 0.656. The van der Waals surface area contributed by atoms with Crippen molar-refractivity contribution < 1.29 is 9.59 Å². The lowest BCUT2D eigenvalue weighted by Gasteiger charge is -2.07. The average molecular weight is 302 g/mol. The standard InChI is InChI=1S/C16H22N4O2/c1-11-14(9-18-7-8-19-12(2)21)13-5-3-4-6-15(13)20(11)10-16(17)22/h3-6,18H,7-10H2,1-2H3,(H2,17,22)(H,19,21). The maximum Gasteiger partial charge on any atom is 0.237 e. The molecule has 6 nitrogen and oxygen atoms in total. The molecule has 0 aliphatic carbocycles. The van der Waals surface area contributed by atoms with Crippen molar-refractivity contribution in [2.75, 3.05) is 13.1 Å². The molecular weight excluding hydrogens is 280 g/mol. The molecule has 1 aromatic carbocycles. The van der Waals surface area contributed by atoms with Crippen molar-refractivity contribution >= 4 is 22.7 Å². The van der Waals surface area contributed by atoms with E-state index in [0.29, 0.717) is 19.6 Å². The second-order valence-corrected chi connectivity index (χ2v) is 5.29. The van der Waals surface area contributed by atoms with E-state index in [-0.39, 0.29) is 18.4 Å². The zero-order chi connectivity index (χ0) is 16.1. The summed E-state index contributed by atoms with van der Waals surface area (Å²) in [6.07, 6.45) is 0. The smallest absolute Gasteiger partial charge is 0.237 e. The second-order valence-electron chi connectivity index (χ2n) is 5.29. The van der Waals surface area contributed by atoms with E-state index in [1.54, 1.807) is 0 Å². The van der Waals surface area contributed by atoms with Gasteiger partial charge in [-0.15, -0.1) is 0 Å². The van der Waals surface area contributed by atoms with Gasteiger partial charge in [-0.1, -0.05) is 18.2 Å². The molecule has 1 aromatic heterocycles. The minimum atomic E-state index is -0.353. The molecule has 0 saturated heterocycles. The number of benzene rings is 1. The molecule has 0 atom stereocenters. The minimum absolute atomic E-state index is 0.0314. The number of hydrogen-bond donors (Lipinski definition) is 3. The molecule has 0 spiro atoms. The lowest BCUT2D eigenvalue weighted by atomic mass is 10.1. The highest BCUT2D eigenvalue weighted by molar-refractivity contribution is 5.87. The molecule has 1 heterocycles. The SMILES string of the molecule is CC(=O)NCCNCc1c(C)n(CC(N)=O)c2ccccc12. The van der Waals surface area contributed by atoms with Crippen LogP contribution in [-0.2, 0) is 22.7 Å². The first-order chi connectivity index (χ1) is 10.5. The molecule has 2 aromatic rings. The monoisotopic (exact) mass is 302 g/mol.